The van der Waals surface area contributed by atoms with Gasteiger partial charge in [0, 0.05) is 14.1 Å². The normalized spacial score (nSPS) is 19.1. The van der Waals surface area contributed by atoms with Gasteiger partial charge in [0.15, 0.2) is 0 Å². The third-order valence-corrected chi connectivity index (χ3v) is 6.21. The molecule has 0 unspecified atom stereocenters. The van der Waals surface area contributed by atoms with Gasteiger partial charge >= 0.3 is 0 Å². The second-order valence-electron chi connectivity index (χ2n) is 4.52. The molecule has 4 nitrogen and oxygen atoms in total. The first-order chi connectivity index (χ1) is 8.87. The van der Waals surface area contributed by atoms with Crippen molar-refractivity contribution in [3.05, 3.63) is 31.8 Å². The molecule has 0 aromatic heterocycles. The van der Waals surface area contributed by atoms with Crippen LogP contribution >= 0.6 is 38.5 Å². The summed E-state index contributed by atoms with van der Waals surface area (Å²) in [6.07, 6.45) is 0.997. The Balaban J connectivity index is 2.04. The van der Waals surface area contributed by atoms with E-state index < -0.39 is 9.84 Å². The number of hydrogen-bond acceptors (Lipinski definition) is 3. The summed E-state index contributed by atoms with van der Waals surface area (Å²) in [7, 11) is -2.89. The largest absolute Gasteiger partial charge is 0.349 e. The first-order valence-corrected chi connectivity index (χ1v) is 9.53. The minimum Gasteiger partial charge on any atom is -0.349 e. The molecule has 0 spiro atoms. The summed E-state index contributed by atoms with van der Waals surface area (Å²) in [5.41, 5.74) is 0.614. The molecular weight excluding hydrogens is 445 g/mol. The molecule has 1 fully saturated rings. The number of rotatable bonds is 2. The van der Waals surface area contributed by atoms with Crippen LogP contribution in [0.1, 0.15) is 23.2 Å². The van der Waals surface area contributed by atoms with Crippen molar-refractivity contribution < 1.29 is 13.2 Å². The Morgan fingerprint density at radius 3 is 2.58 bits per heavy atom. The van der Waals surface area contributed by atoms with Gasteiger partial charge in [0.2, 0.25) is 0 Å². The lowest BCUT2D eigenvalue weighted by molar-refractivity contribution is 0.0933. The Morgan fingerprint density at radius 1 is 1.32 bits per heavy atom. The molecule has 0 aliphatic carbocycles. The minimum absolute atomic E-state index is 0.0502. The van der Waals surface area contributed by atoms with Crippen molar-refractivity contribution in [3.63, 3.8) is 0 Å². The number of benzene rings is 1. The fourth-order valence-corrected chi connectivity index (χ4v) is 4.40. The molecule has 1 aliphatic heterocycles. The van der Waals surface area contributed by atoms with Crippen molar-refractivity contribution in [1.29, 1.82) is 0 Å². The molecule has 0 radical (unpaired) electrons. The number of hydrogen-bond donors (Lipinski definition) is 1. The molecule has 104 valence electrons. The summed E-state index contributed by atoms with van der Waals surface area (Å²) in [4.78, 5) is 12.2. The van der Waals surface area contributed by atoms with E-state index >= 15 is 0 Å². The Hall–Kier alpha value is -0.150. The van der Waals surface area contributed by atoms with Crippen molar-refractivity contribution in [2.45, 2.75) is 18.9 Å². The van der Waals surface area contributed by atoms with Gasteiger partial charge in [-0.15, -0.1) is 0 Å². The zero-order valence-corrected chi connectivity index (χ0v) is 14.6. The molecule has 0 bridgehead atoms. The highest BCUT2D eigenvalue weighted by atomic mass is 127. The van der Waals surface area contributed by atoms with Crippen molar-refractivity contribution in [1.82, 2.24) is 5.32 Å². The summed E-state index contributed by atoms with van der Waals surface area (Å²) in [6.45, 7) is 0. The van der Waals surface area contributed by atoms with E-state index in [-0.39, 0.29) is 23.5 Å². The predicted molar refractivity (Wildman–Crippen MR) is 86.0 cm³/mol. The Bertz CT molecular complexity index is 589. The molecule has 1 N–H and O–H groups in total. The number of amides is 1. The molecule has 7 heteroatoms. The van der Waals surface area contributed by atoms with Crippen LogP contribution in [0.2, 0.25) is 0 Å². The third kappa shape index (κ3) is 4.16. The fourth-order valence-electron chi connectivity index (χ4n) is 1.97. The van der Waals surface area contributed by atoms with Gasteiger partial charge in [-0.05, 0) is 53.6 Å². The highest BCUT2D eigenvalue weighted by Gasteiger charge is 2.25. The van der Waals surface area contributed by atoms with Crippen molar-refractivity contribution in [2.24, 2.45) is 0 Å². The maximum atomic E-state index is 12.2. The zero-order chi connectivity index (χ0) is 14.0. The van der Waals surface area contributed by atoms with Gasteiger partial charge in [0.1, 0.15) is 9.84 Å². The lowest BCUT2D eigenvalue weighted by Crippen LogP contribution is -2.41. The first-order valence-electron chi connectivity index (χ1n) is 5.84. The molecule has 1 saturated heterocycles. The minimum atomic E-state index is -2.89. The molecule has 19 heavy (non-hydrogen) atoms. The standard InChI is InChI=1S/C12H13BrINO3S/c13-8-1-2-11(14)10(7-8)12(16)15-9-3-5-19(17,18)6-4-9/h1-2,7,9H,3-6H2,(H,15,16). The van der Waals surface area contributed by atoms with E-state index in [0.717, 1.165) is 8.04 Å². The first kappa shape index (κ1) is 15.2. The highest BCUT2D eigenvalue weighted by molar-refractivity contribution is 14.1. The number of sulfone groups is 1. The van der Waals surface area contributed by atoms with Gasteiger partial charge in [-0.25, -0.2) is 8.42 Å². The van der Waals surface area contributed by atoms with Crippen molar-refractivity contribution in [3.8, 4) is 0 Å². The van der Waals surface area contributed by atoms with Crippen LogP contribution in [0.3, 0.4) is 0 Å². The van der Waals surface area contributed by atoms with Crippen LogP contribution < -0.4 is 5.32 Å². The van der Waals surface area contributed by atoms with Crippen LogP contribution in [-0.2, 0) is 9.84 Å². The van der Waals surface area contributed by atoms with Crippen LogP contribution in [0.5, 0.6) is 0 Å². The molecular formula is C12H13BrINO3S. The zero-order valence-electron chi connectivity index (χ0n) is 10.0. The Labute approximate surface area is 134 Å². The highest BCUT2D eigenvalue weighted by Crippen LogP contribution is 2.19. The van der Waals surface area contributed by atoms with E-state index in [1.54, 1.807) is 6.07 Å². The number of carbonyl (C=O) groups excluding carboxylic acids is 1. The predicted octanol–water partition coefficient (Wildman–Crippen LogP) is 2.36. The van der Waals surface area contributed by atoms with E-state index in [1.165, 1.54) is 0 Å². The molecule has 1 heterocycles. The van der Waals surface area contributed by atoms with Crippen molar-refractivity contribution >= 4 is 54.3 Å². The van der Waals surface area contributed by atoms with E-state index in [9.17, 15) is 13.2 Å². The van der Waals surface area contributed by atoms with Crippen LogP contribution in [0, 0.1) is 3.57 Å². The van der Waals surface area contributed by atoms with Gasteiger partial charge < -0.3 is 5.32 Å². The third-order valence-electron chi connectivity index (χ3n) is 3.06. The molecule has 1 amide bonds. The second-order valence-corrected chi connectivity index (χ2v) is 8.91. The van der Waals surface area contributed by atoms with E-state index in [1.807, 2.05) is 12.1 Å². The monoisotopic (exact) mass is 457 g/mol. The van der Waals surface area contributed by atoms with Gasteiger partial charge in [0.05, 0.1) is 17.1 Å². The summed E-state index contributed by atoms with van der Waals surface area (Å²) in [5, 5.41) is 2.91. The van der Waals surface area contributed by atoms with Crippen LogP contribution in [0.15, 0.2) is 22.7 Å². The quantitative estimate of drug-likeness (QED) is 0.693. The Kier molecular flexibility index (Phi) is 4.88. The fraction of sp³-hybridized carbons (Fsp3) is 0.417. The Morgan fingerprint density at radius 2 is 1.95 bits per heavy atom. The molecule has 0 saturated carbocycles. The van der Waals surface area contributed by atoms with Crippen LogP contribution in [-0.4, -0.2) is 31.9 Å². The van der Waals surface area contributed by atoms with Gasteiger partial charge in [-0.1, -0.05) is 15.9 Å². The molecule has 1 aromatic carbocycles. The van der Waals surface area contributed by atoms with Gasteiger partial charge in [-0.2, -0.15) is 0 Å². The second kappa shape index (κ2) is 6.09. The average molecular weight is 458 g/mol. The maximum Gasteiger partial charge on any atom is 0.252 e. The lowest BCUT2D eigenvalue weighted by atomic mass is 10.1. The van der Waals surface area contributed by atoms with Crippen LogP contribution in [0.4, 0.5) is 0 Å². The van der Waals surface area contributed by atoms with E-state index in [4.69, 9.17) is 0 Å². The SMILES string of the molecule is O=C(NC1CCS(=O)(=O)CC1)c1cc(Br)ccc1I. The molecule has 2 rings (SSSR count). The van der Waals surface area contributed by atoms with E-state index in [0.29, 0.717) is 18.4 Å². The summed E-state index contributed by atoms with van der Waals surface area (Å²) in [6, 6.07) is 5.47. The van der Waals surface area contributed by atoms with E-state index in [2.05, 4.69) is 43.8 Å². The maximum absolute atomic E-state index is 12.2. The lowest BCUT2D eigenvalue weighted by Gasteiger charge is -2.23. The van der Waals surface area contributed by atoms with Crippen LogP contribution in [0.25, 0.3) is 0 Å². The molecule has 1 aliphatic rings. The van der Waals surface area contributed by atoms with Crippen molar-refractivity contribution in [2.75, 3.05) is 11.5 Å². The summed E-state index contributed by atoms with van der Waals surface area (Å²) >= 11 is 5.46. The topological polar surface area (TPSA) is 63.2 Å². The smallest absolute Gasteiger partial charge is 0.252 e. The number of halogens is 2. The average Bonchev–Trinajstić information content (AvgIpc) is 2.35. The van der Waals surface area contributed by atoms with Gasteiger partial charge in [0.25, 0.3) is 5.91 Å². The summed E-state index contributed by atoms with van der Waals surface area (Å²) < 4.78 is 24.4. The molecule has 1 aromatic rings. The number of carbonyl (C=O) groups is 1. The summed E-state index contributed by atoms with van der Waals surface area (Å²) in [5.74, 6) is 0.177. The number of nitrogens with one attached hydrogen (secondary N) is 1. The van der Waals surface area contributed by atoms with Gasteiger partial charge in [-0.3, -0.25) is 4.79 Å². The molecule has 0 atom stereocenters.